The maximum Gasteiger partial charge on any atom is 0.216 e. The van der Waals surface area contributed by atoms with E-state index in [0.29, 0.717) is 0 Å². The summed E-state index contributed by atoms with van der Waals surface area (Å²) in [5.74, 6) is 0.843. The Kier molecular flexibility index (Phi) is 5.38. The second kappa shape index (κ2) is 6.39. The highest BCUT2D eigenvalue weighted by Gasteiger charge is 2.19. The molecule has 0 aliphatic rings. The van der Waals surface area contributed by atoms with Crippen LogP contribution in [0, 0.1) is 12.3 Å². The van der Waals surface area contributed by atoms with Gasteiger partial charge >= 0.3 is 0 Å². The SMILES string of the molecule is COc1c(CNCC(C)(C)CN(C)C)c(C)nn1C. The van der Waals surface area contributed by atoms with Crippen molar-refractivity contribution < 1.29 is 4.74 Å². The molecule has 0 spiro atoms. The van der Waals surface area contributed by atoms with E-state index in [4.69, 9.17) is 4.74 Å². The van der Waals surface area contributed by atoms with Crippen molar-refractivity contribution in [3.8, 4) is 5.88 Å². The highest BCUT2D eigenvalue weighted by Crippen LogP contribution is 2.21. The van der Waals surface area contributed by atoms with E-state index in [9.17, 15) is 0 Å². The monoisotopic (exact) mass is 268 g/mol. The van der Waals surface area contributed by atoms with Crippen molar-refractivity contribution in [1.82, 2.24) is 20.0 Å². The summed E-state index contributed by atoms with van der Waals surface area (Å²) in [4.78, 5) is 2.22. The van der Waals surface area contributed by atoms with Crippen LogP contribution in [-0.4, -0.2) is 49.0 Å². The summed E-state index contributed by atoms with van der Waals surface area (Å²) in [7, 11) is 7.81. The molecule has 0 saturated heterocycles. The fourth-order valence-electron chi connectivity index (χ4n) is 2.58. The first-order chi connectivity index (χ1) is 8.76. The van der Waals surface area contributed by atoms with Crippen molar-refractivity contribution in [3.63, 3.8) is 0 Å². The third kappa shape index (κ3) is 4.51. The fraction of sp³-hybridized carbons (Fsp3) is 0.786. The van der Waals surface area contributed by atoms with Crippen LogP contribution in [0.4, 0.5) is 0 Å². The van der Waals surface area contributed by atoms with E-state index in [1.807, 2.05) is 14.0 Å². The van der Waals surface area contributed by atoms with E-state index in [2.05, 4.69) is 43.3 Å². The van der Waals surface area contributed by atoms with Crippen molar-refractivity contribution in [2.75, 3.05) is 34.3 Å². The van der Waals surface area contributed by atoms with Crippen LogP contribution in [0.5, 0.6) is 5.88 Å². The van der Waals surface area contributed by atoms with Crippen molar-refractivity contribution in [3.05, 3.63) is 11.3 Å². The zero-order chi connectivity index (χ0) is 14.6. The lowest BCUT2D eigenvalue weighted by atomic mass is 9.93. The Labute approximate surface area is 116 Å². The summed E-state index contributed by atoms with van der Waals surface area (Å²) in [5, 5.41) is 7.90. The highest BCUT2D eigenvalue weighted by molar-refractivity contribution is 5.30. The van der Waals surface area contributed by atoms with Gasteiger partial charge in [0.1, 0.15) is 0 Å². The lowest BCUT2D eigenvalue weighted by molar-refractivity contribution is 0.232. The first kappa shape index (κ1) is 16.0. The molecule has 0 bridgehead atoms. The van der Waals surface area contributed by atoms with E-state index in [-0.39, 0.29) is 5.41 Å². The van der Waals surface area contributed by atoms with Gasteiger partial charge in [-0.25, -0.2) is 4.68 Å². The lowest BCUT2D eigenvalue weighted by Crippen LogP contribution is -2.37. The number of methoxy groups -OCH3 is 1. The van der Waals surface area contributed by atoms with E-state index in [0.717, 1.165) is 36.8 Å². The molecule has 0 unspecified atom stereocenters. The minimum Gasteiger partial charge on any atom is -0.481 e. The van der Waals surface area contributed by atoms with Crippen LogP contribution in [0.15, 0.2) is 0 Å². The van der Waals surface area contributed by atoms with Gasteiger partial charge in [-0.15, -0.1) is 0 Å². The van der Waals surface area contributed by atoms with Gasteiger partial charge in [-0.05, 0) is 26.4 Å². The summed E-state index contributed by atoms with van der Waals surface area (Å²) in [6.45, 7) is 9.37. The smallest absolute Gasteiger partial charge is 0.216 e. The lowest BCUT2D eigenvalue weighted by Gasteiger charge is -2.28. The van der Waals surface area contributed by atoms with Crippen molar-refractivity contribution in [2.24, 2.45) is 12.5 Å². The third-order valence-electron chi connectivity index (χ3n) is 3.13. The molecule has 0 saturated carbocycles. The Hall–Kier alpha value is -1.07. The Morgan fingerprint density at radius 1 is 1.37 bits per heavy atom. The molecule has 5 heteroatoms. The first-order valence-corrected chi connectivity index (χ1v) is 6.69. The van der Waals surface area contributed by atoms with Gasteiger partial charge in [-0.3, -0.25) is 0 Å². The van der Waals surface area contributed by atoms with Crippen LogP contribution in [0.1, 0.15) is 25.1 Å². The number of aromatic nitrogens is 2. The van der Waals surface area contributed by atoms with Crippen LogP contribution < -0.4 is 10.1 Å². The molecule has 1 heterocycles. The quantitative estimate of drug-likeness (QED) is 0.812. The van der Waals surface area contributed by atoms with Crippen LogP contribution >= 0.6 is 0 Å². The van der Waals surface area contributed by atoms with E-state index in [1.54, 1.807) is 11.8 Å². The second-order valence-electron chi connectivity index (χ2n) is 6.20. The molecule has 19 heavy (non-hydrogen) atoms. The van der Waals surface area contributed by atoms with Gasteiger partial charge in [0.2, 0.25) is 5.88 Å². The summed E-state index contributed by atoms with van der Waals surface area (Å²) in [6, 6.07) is 0. The number of nitrogens with one attached hydrogen (secondary N) is 1. The van der Waals surface area contributed by atoms with Gasteiger partial charge in [0, 0.05) is 26.7 Å². The van der Waals surface area contributed by atoms with Crippen LogP contribution in [-0.2, 0) is 13.6 Å². The Bertz CT molecular complexity index is 410. The first-order valence-electron chi connectivity index (χ1n) is 6.69. The molecule has 0 aliphatic carbocycles. The second-order valence-corrected chi connectivity index (χ2v) is 6.20. The molecule has 1 N–H and O–H groups in total. The number of aryl methyl sites for hydroxylation is 2. The van der Waals surface area contributed by atoms with Crippen molar-refractivity contribution in [2.45, 2.75) is 27.3 Å². The van der Waals surface area contributed by atoms with Crippen molar-refractivity contribution in [1.29, 1.82) is 0 Å². The zero-order valence-corrected chi connectivity index (χ0v) is 13.4. The highest BCUT2D eigenvalue weighted by atomic mass is 16.5. The normalized spacial score (nSPS) is 12.2. The Morgan fingerprint density at radius 3 is 2.53 bits per heavy atom. The van der Waals surface area contributed by atoms with Gasteiger partial charge < -0.3 is 15.0 Å². The number of hydrogen-bond donors (Lipinski definition) is 1. The molecular formula is C14H28N4O. The van der Waals surface area contributed by atoms with Crippen molar-refractivity contribution >= 4 is 0 Å². The topological polar surface area (TPSA) is 42.3 Å². The van der Waals surface area contributed by atoms with Crippen LogP contribution in [0.25, 0.3) is 0 Å². The van der Waals surface area contributed by atoms with Crippen LogP contribution in [0.2, 0.25) is 0 Å². The Balaban J connectivity index is 2.58. The molecule has 0 aromatic carbocycles. The number of nitrogens with zero attached hydrogens (tertiary/aromatic N) is 3. The van der Waals surface area contributed by atoms with Gasteiger partial charge in [0.15, 0.2) is 0 Å². The largest absolute Gasteiger partial charge is 0.481 e. The number of rotatable bonds is 7. The molecule has 110 valence electrons. The van der Waals surface area contributed by atoms with E-state index >= 15 is 0 Å². The van der Waals surface area contributed by atoms with Gasteiger partial charge in [0.25, 0.3) is 0 Å². The molecular weight excluding hydrogens is 240 g/mol. The predicted molar refractivity (Wildman–Crippen MR) is 78.5 cm³/mol. The molecule has 1 aromatic heterocycles. The minimum absolute atomic E-state index is 0.243. The summed E-state index contributed by atoms with van der Waals surface area (Å²) < 4.78 is 7.19. The maximum absolute atomic E-state index is 5.40. The molecule has 0 aliphatic heterocycles. The Morgan fingerprint density at radius 2 is 2.00 bits per heavy atom. The van der Waals surface area contributed by atoms with E-state index < -0.39 is 0 Å². The van der Waals surface area contributed by atoms with E-state index in [1.165, 1.54) is 0 Å². The summed E-state index contributed by atoms with van der Waals surface area (Å²) >= 11 is 0. The van der Waals surface area contributed by atoms with Gasteiger partial charge in [0.05, 0.1) is 18.4 Å². The molecule has 0 amide bonds. The molecule has 1 rings (SSSR count). The number of hydrogen-bond acceptors (Lipinski definition) is 4. The fourth-order valence-corrected chi connectivity index (χ4v) is 2.58. The number of ether oxygens (including phenoxy) is 1. The maximum atomic E-state index is 5.40. The van der Waals surface area contributed by atoms with Gasteiger partial charge in [-0.1, -0.05) is 13.8 Å². The van der Waals surface area contributed by atoms with Gasteiger partial charge in [-0.2, -0.15) is 5.10 Å². The van der Waals surface area contributed by atoms with Crippen LogP contribution in [0.3, 0.4) is 0 Å². The summed E-state index contributed by atoms with van der Waals surface area (Å²) in [6.07, 6.45) is 0. The molecule has 0 fully saturated rings. The summed E-state index contributed by atoms with van der Waals surface area (Å²) in [5.41, 5.74) is 2.41. The minimum atomic E-state index is 0.243. The standard InChI is InChI=1S/C14H28N4O/c1-11-12(13(19-7)18(6)16-11)8-15-9-14(2,3)10-17(4)5/h15H,8-10H2,1-7H3. The molecule has 1 aromatic rings. The predicted octanol–water partition coefficient (Wildman–Crippen LogP) is 1.41. The average Bonchev–Trinajstić information content (AvgIpc) is 2.51. The third-order valence-corrected chi connectivity index (χ3v) is 3.13. The molecule has 5 nitrogen and oxygen atoms in total. The molecule has 0 radical (unpaired) electrons. The molecule has 0 atom stereocenters. The zero-order valence-electron chi connectivity index (χ0n) is 13.4. The average molecular weight is 268 g/mol.